The standard InChI is InChI=1S/C22H24N4OS/c1-13-2-4-17(5-3-13)18-12-28-21-24-20(25-26(18)21)23-19(27)22-9-14-6-15(10-22)8-16(7-14)11-22/h2-5,12,14-16H,6-11H2,1H3,(H,23,25,27). The Morgan fingerprint density at radius 3 is 2.39 bits per heavy atom. The summed E-state index contributed by atoms with van der Waals surface area (Å²) >= 11 is 1.56. The van der Waals surface area contributed by atoms with Gasteiger partial charge in [-0.2, -0.15) is 4.98 Å². The summed E-state index contributed by atoms with van der Waals surface area (Å²) in [5, 5.41) is 9.78. The van der Waals surface area contributed by atoms with Gasteiger partial charge in [-0.15, -0.1) is 16.4 Å². The van der Waals surface area contributed by atoms with E-state index in [-0.39, 0.29) is 11.3 Å². The fourth-order valence-corrected chi connectivity index (χ4v) is 7.11. The molecule has 6 heteroatoms. The van der Waals surface area contributed by atoms with Gasteiger partial charge in [-0.1, -0.05) is 29.8 Å². The summed E-state index contributed by atoms with van der Waals surface area (Å²) in [6.07, 6.45) is 7.19. The molecular formula is C22H24N4OS. The van der Waals surface area contributed by atoms with Gasteiger partial charge in [-0.25, -0.2) is 4.52 Å². The molecule has 0 saturated heterocycles. The second kappa shape index (κ2) is 5.89. The van der Waals surface area contributed by atoms with E-state index in [1.165, 1.54) is 24.8 Å². The van der Waals surface area contributed by atoms with Gasteiger partial charge in [0, 0.05) is 10.9 Å². The molecule has 4 fully saturated rings. The molecule has 28 heavy (non-hydrogen) atoms. The highest BCUT2D eigenvalue weighted by Gasteiger charge is 2.54. The van der Waals surface area contributed by atoms with Crippen LogP contribution in [0.4, 0.5) is 5.95 Å². The number of carbonyl (C=O) groups is 1. The molecule has 5 nitrogen and oxygen atoms in total. The van der Waals surface area contributed by atoms with E-state index in [9.17, 15) is 4.79 Å². The van der Waals surface area contributed by atoms with E-state index < -0.39 is 0 Å². The lowest BCUT2D eigenvalue weighted by Crippen LogP contribution is -2.51. The second-order valence-corrected chi connectivity index (χ2v) is 10.1. The van der Waals surface area contributed by atoms with Crippen LogP contribution in [0.25, 0.3) is 16.2 Å². The van der Waals surface area contributed by atoms with Crippen molar-refractivity contribution in [2.24, 2.45) is 23.2 Å². The summed E-state index contributed by atoms with van der Waals surface area (Å²) in [4.78, 5) is 18.7. The van der Waals surface area contributed by atoms with Crippen LogP contribution in [-0.4, -0.2) is 20.5 Å². The van der Waals surface area contributed by atoms with Crippen LogP contribution >= 0.6 is 11.3 Å². The molecule has 144 valence electrons. The van der Waals surface area contributed by atoms with E-state index in [1.807, 2.05) is 4.52 Å². The highest BCUT2D eigenvalue weighted by molar-refractivity contribution is 7.15. The van der Waals surface area contributed by atoms with Crippen LogP contribution in [0, 0.1) is 30.1 Å². The first-order valence-corrected chi connectivity index (χ1v) is 11.2. The number of amides is 1. The zero-order chi connectivity index (χ0) is 18.9. The number of fused-ring (bicyclic) bond motifs is 1. The van der Waals surface area contributed by atoms with Crippen LogP contribution in [0.3, 0.4) is 0 Å². The molecule has 0 radical (unpaired) electrons. The van der Waals surface area contributed by atoms with Crippen molar-refractivity contribution in [2.45, 2.75) is 45.4 Å². The van der Waals surface area contributed by atoms with Crippen molar-refractivity contribution >= 4 is 28.2 Å². The molecule has 0 unspecified atom stereocenters. The molecule has 4 aliphatic carbocycles. The van der Waals surface area contributed by atoms with Gasteiger partial charge < -0.3 is 0 Å². The maximum Gasteiger partial charge on any atom is 0.250 e. The van der Waals surface area contributed by atoms with Crippen molar-refractivity contribution < 1.29 is 4.79 Å². The summed E-state index contributed by atoms with van der Waals surface area (Å²) in [6, 6.07) is 8.41. The first-order chi connectivity index (χ1) is 13.6. The summed E-state index contributed by atoms with van der Waals surface area (Å²) in [5.74, 6) is 2.86. The van der Waals surface area contributed by atoms with Gasteiger partial charge in [0.25, 0.3) is 0 Å². The number of nitrogens with zero attached hydrogens (tertiary/aromatic N) is 3. The van der Waals surface area contributed by atoms with Crippen molar-refractivity contribution in [3.8, 4) is 11.3 Å². The van der Waals surface area contributed by atoms with Gasteiger partial charge in [-0.3, -0.25) is 10.1 Å². The predicted molar refractivity (Wildman–Crippen MR) is 110 cm³/mol. The fourth-order valence-electron chi connectivity index (χ4n) is 6.28. The monoisotopic (exact) mass is 392 g/mol. The van der Waals surface area contributed by atoms with Gasteiger partial charge in [0.1, 0.15) is 0 Å². The highest BCUT2D eigenvalue weighted by Crippen LogP contribution is 2.60. The summed E-state index contributed by atoms with van der Waals surface area (Å²) in [6.45, 7) is 2.08. The van der Waals surface area contributed by atoms with Gasteiger partial charge in [-0.05, 0) is 63.2 Å². The maximum atomic E-state index is 13.3. The lowest BCUT2D eigenvalue weighted by molar-refractivity contribution is -0.140. The van der Waals surface area contributed by atoms with Crippen LogP contribution in [0.1, 0.15) is 44.1 Å². The van der Waals surface area contributed by atoms with Crippen LogP contribution in [0.5, 0.6) is 0 Å². The van der Waals surface area contributed by atoms with E-state index in [0.717, 1.165) is 53.2 Å². The number of thiazole rings is 1. The maximum absolute atomic E-state index is 13.3. The molecular weight excluding hydrogens is 368 g/mol. The molecule has 2 aromatic heterocycles. The number of rotatable bonds is 3. The Hall–Kier alpha value is -2.21. The van der Waals surface area contributed by atoms with Crippen molar-refractivity contribution in [3.63, 3.8) is 0 Å². The van der Waals surface area contributed by atoms with Gasteiger partial charge in [0.2, 0.25) is 16.8 Å². The largest absolute Gasteiger partial charge is 0.293 e. The van der Waals surface area contributed by atoms with Crippen LogP contribution in [-0.2, 0) is 4.79 Å². The third kappa shape index (κ3) is 2.54. The number of benzene rings is 1. The van der Waals surface area contributed by atoms with Crippen molar-refractivity contribution in [2.75, 3.05) is 5.32 Å². The SMILES string of the molecule is Cc1ccc(-c2csc3nc(NC(=O)C45CC6CC(CC(C6)C4)C5)nn23)cc1. The van der Waals surface area contributed by atoms with E-state index in [2.05, 4.69) is 52.0 Å². The molecule has 7 rings (SSSR count). The van der Waals surface area contributed by atoms with Crippen LogP contribution < -0.4 is 5.32 Å². The number of hydrogen-bond donors (Lipinski definition) is 1. The van der Waals surface area contributed by atoms with Gasteiger partial charge in [0.05, 0.1) is 11.1 Å². The van der Waals surface area contributed by atoms with Crippen molar-refractivity contribution in [1.29, 1.82) is 0 Å². The molecule has 1 N–H and O–H groups in total. The van der Waals surface area contributed by atoms with E-state index in [4.69, 9.17) is 0 Å². The third-order valence-electron chi connectivity index (χ3n) is 7.17. The molecule has 3 aromatic rings. The molecule has 4 bridgehead atoms. The third-order valence-corrected chi connectivity index (χ3v) is 7.99. The van der Waals surface area contributed by atoms with Gasteiger partial charge in [0.15, 0.2) is 0 Å². The Labute approximate surface area is 168 Å². The smallest absolute Gasteiger partial charge is 0.250 e. The zero-order valence-electron chi connectivity index (χ0n) is 16.0. The Kier molecular flexibility index (Phi) is 3.52. The number of aromatic nitrogens is 3. The van der Waals surface area contributed by atoms with Crippen LogP contribution in [0.2, 0.25) is 0 Å². The fraction of sp³-hybridized carbons (Fsp3) is 0.500. The normalized spacial score (nSPS) is 30.8. The van der Waals surface area contributed by atoms with Gasteiger partial charge >= 0.3 is 0 Å². The molecule has 0 aliphatic heterocycles. The first-order valence-electron chi connectivity index (χ1n) is 10.3. The molecule has 4 aliphatic rings. The molecule has 2 heterocycles. The number of carbonyl (C=O) groups excluding carboxylic acids is 1. The zero-order valence-corrected chi connectivity index (χ0v) is 16.8. The molecule has 1 aromatic carbocycles. The van der Waals surface area contributed by atoms with Crippen molar-refractivity contribution in [3.05, 3.63) is 35.2 Å². The lowest BCUT2D eigenvalue weighted by atomic mass is 9.49. The summed E-state index contributed by atoms with van der Waals surface area (Å²) in [5.41, 5.74) is 3.19. The second-order valence-electron chi connectivity index (χ2n) is 9.27. The minimum absolute atomic E-state index is 0.154. The Morgan fingerprint density at radius 2 is 1.75 bits per heavy atom. The average molecular weight is 393 g/mol. The minimum atomic E-state index is -0.173. The summed E-state index contributed by atoms with van der Waals surface area (Å²) < 4.78 is 1.85. The quantitative estimate of drug-likeness (QED) is 0.688. The minimum Gasteiger partial charge on any atom is -0.293 e. The van der Waals surface area contributed by atoms with E-state index in [0.29, 0.717) is 5.95 Å². The van der Waals surface area contributed by atoms with Crippen LogP contribution in [0.15, 0.2) is 29.6 Å². The molecule has 0 atom stereocenters. The predicted octanol–water partition coefficient (Wildman–Crippen LogP) is 4.92. The highest BCUT2D eigenvalue weighted by atomic mass is 32.1. The first kappa shape index (κ1) is 16.7. The van der Waals surface area contributed by atoms with Crippen molar-refractivity contribution in [1.82, 2.24) is 14.6 Å². The number of nitrogens with one attached hydrogen (secondary N) is 1. The average Bonchev–Trinajstić information content (AvgIpc) is 3.21. The Bertz CT molecular complexity index is 1030. The van der Waals surface area contributed by atoms with E-state index in [1.54, 1.807) is 11.3 Å². The lowest BCUT2D eigenvalue weighted by Gasteiger charge is -2.55. The molecule has 1 amide bonds. The molecule has 4 saturated carbocycles. The number of hydrogen-bond acceptors (Lipinski definition) is 4. The Balaban J connectivity index is 1.28. The number of aryl methyl sites for hydroxylation is 1. The topological polar surface area (TPSA) is 59.3 Å². The Morgan fingerprint density at radius 1 is 1.11 bits per heavy atom. The van der Waals surface area contributed by atoms with E-state index >= 15 is 0 Å². The number of anilines is 1. The molecule has 0 spiro atoms. The summed E-state index contributed by atoms with van der Waals surface area (Å²) in [7, 11) is 0.